The minimum atomic E-state index is -0.0644. The molecule has 0 aromatic heterocycles. The number of phenolic OH excluding ortho intramolecular Hbond substituents is 2. The molecular formula is C20H14Cl4O4. The molecule has 3 aromatic rings. The number of benzene rings is 3. The highest BCUT2D eigenvalue weighted by molar-refractivity contribution is 6.40. The fraction of sp³-hybridized carbons (Fsp3) is 0.100. The van der Waals surface area contributed by atoms with Crippen molar-refractivity contribution in [1.29, 1.82) is 0 Å². The van der Waals surface area contributed by atoms with Gasteiger partial charge in [-0.25, -0.2) is 0 Å². The predicted molar refractivity (Wildman–Crippen MR) is 114 cm³/mol. The van der Waals surface area contributed by atoms with Crippen molar-refractivity contribution >= 4 is 46.4 Å². The van der Waals surface area contributed by atoms with Crippen LogP contribution in [0.3, 0.4) is 0 Å². The summed E-state index contributed by atoms with van der Waals surface area (Å²) in [6, 6.07) is 8.91. The van der Waals surface area contributed by atoms with Gasteiger partial charge in [0.1, 0.15) is 23.0 Å². The van der Waals surface area contributed by atoms with Crippen molar-refractivity contribution in [2.45, 2.75) is 0 Å². The summed E-state index contributed by atoms with van der Waals surface area (Å²) in [4.78, 5) is 0. The minimum Gasteiger partial charge on any atom is -0.508 e. The number of aromatic hydroxyl groups is 2. The lowest BCUT2D eigenvalue weighted by molar-refractivity contribution is 0.406. The highest BCUT2D eigenvalue weighted by atomic mass is 35.5. The molecule has 0 aliphatic carbocycles. The lowest BCUT2D eigenvalue weighted by Gasteiger charge is -2.19. The molecule has 0 fully saturated rings. The first kappa shape index (κ1) is 20.7. The molecule has 0 aliphatic rings. The normalized spacial score (nSPS) is 10.8. The summed E-state index contributed by atoms with van der Waals surface area (Å²) in [5, 5.41) is 20.4. The van der Waals surface area contributed by atoms with Crippen LogP contribution in [0.2, 0.25) is 20.1 Å². The smallest absolute Gasteiger partial charge is 0.134 e. The molecule has 146 valence electrons. The molecule has 0 spiro atoms. The van der Waals surface area contributed by atoms with Gasteiger partial charge in [-0.15, -0.1) is 0 Å². The van der Waals surface area contributed by atoms with Crippen molar-refractivity contribution in [2.24, 2.45) is 0 Å². The van der Waals surface area contributed by atoms with Gasteiger partial charge in [-0.2, -0.15) is 0 Å². The number of hydrogen-bond acceptors (Lipinski definition) is 4. The van der Waals surface area contributed by atoms with Crippen molar-refractivity contribution in [2.75, 3.05) is 14.2 Å². The van der Waals surface area contributed by atoms with E-state index < -0.39 is 0 Å². The summed E-state index contributed by atoms with van der Waals surface area (Å²) in [6.45, 7) is 0. The number of hydrogen-bond donors (Lipinski definition) is 2. The molecule has 2 N–H and O–H groups in total. The van der Waals surface area contributed by atoms with Crippen LogP contribution in [0.15, 0.2) is 36.4 Å². The minimum absolute atomic E-state index is 0.0644. The van der Waals surface area contributed by atoms with Crippen molar-refractivity contribution in [3.63, 3.8) is 0 Å². The van der Waals surface area contributed by atoms with Gasteiger partial charge in [0.15, 0.2) is 0 Å². The zero-order chi connectivity index (χ0) is 20.6. The van der Waals surface area contributed by atoms with E-state index >= 15 is 0 Å². The van der Waals surface area contributed by atoms with Crippen LogP contribution in [0.4, 0.5) is 0 Å². The SMILES string of the molecule is COc1cc(-c2c(Cl)cc(O)cc2Cl)c(OC)c(-c2c(Cl)cc(O)cc2Cl)c1. The van der Waals surface area contributed by atoms with Gasteiger partial charge in [-0.3, -0.25) is 0 Å². The molecule has 0 heterocycles. The highest BCUT2D eigenvalue weighted by Crippen LogP contribution is 2.50. The van der Waals surface area contributed by atoms with Gasteiger partial charge >= 0.3 is 0 Å². The van der Waals surface area contributed by atoms with E-state index in [0.29, 0.717) is 33.8 Å². The molecule has 0 radical (unpaired) electrons. The fourth-order valence-corrected chi connectivity index (χ4v) is 4.30. The molecule has 0 atom stereocenters. The molecule has 3 aromatic carbocycles. The quantitative estimate of drug-likeness (QED) is 0.438. The molecule has 0 saturated carbocycles. The summed E-state index contributed by atoms with van der Waals surface area (Å²) < 4.78 is 11.1. The maximum Gasteiger partial charge on any atom is 0.134 e. The fourth-order valence-electron chi connectivity index (χ4n) is 2.95. The third-order valence-corrected chi connectivity index (χ3v) is 5.29. The van der Waals surface area contributed by atoms with E-state index in [2.05, 4.69) is 0 Å². The second-order valence-electron chi connectivity index (χ2n) is 5.82. The zero-order valence-corrected chi connectivity index (χ0v) is 17.7. The number of halogens is 4. The highest BCUT2D eigenvalue weighted by Gasteiger charge is 2.23. The number of phenols is 2. The van der Waals surface area contributed by atoms with E-state index in [9.17, 15) is 10.2 Å². The van der Waals surface area contributed by atoms with Gasteiger partial charge in [-0.1, -0.05) is 46.4 Å². The van der Waals surface area contributed by atoms with Crippen LogP contribution >= 0.6 is 46.4 Å². The monoisotopic (exact) mass is 458 g/mol. The number of methoxy groups -OCH3 is 2. The Kier molecular flexibility index (Phi) is 6.06. The van der Waals surface area contributed by atoms with Gasteiger partial charge in [0.25, 0.3) is 0 Å². The Morgan fingerprint density at radius 1 is 0.607 bits per heavy atom. The van der Waals surface area contributed by atoms with E-state index in [0.717, 1.165) is 0 Å². The lowest BCUT2D eigenvalue weighted by atomic mass is 9.96. The first-order valence-corrected chi connectivity index (χ1v) is 9.40. The van der Waals surface area contributed by atoms with E-state index in [1.807, 2.05) is 0 Å². The number of ether oxygens (including phenoxy) is 2. The standard InChI is InChI=1S/C20H14Cl4O4/c1-27-11-7-12(18-14(21)3-9(25)4-15(18)22)20(28-2)13(8-11)19-16(23)5-10(26)6-17(19)24/h3-8,25-26H,1-2H3. The van der Waals surface area contributed by atoms with Gasteiger partial charge in [0.05, 0.1) is 34.3 Å². The van der Waals surface area contributed by atoms with Crippen LogP contribution in [0.1, 0.15) is 0 Å². The predicted octanol–water partition coefficient (Wildman–Crippen LogP) is 7.06. The topological polar surface area (TPSA) is 58.9 Å². The van der Waals surface area contributed by atoms with Crippen molar-refractivity contribution in [1.82, 2.24) is 0 Å². The molecule has 0 bridgehead atoms. The van der Waals surface area contributed by atoms with Crippen LogP contribution in [0, 0.1) is 0 Å². The maximum atomic E-state index is 9.74. The van der Waals surface area contributed by atoms with Gasteiger partial charge in [0.2, 0.25) is 0 Å². The molecule has 8 heteroatoms. The van der Waals surface area contributed by atoms with E-state index in [4.69, 9.17) is 55.9 Å². The Morgan fingerprint density at radius 3 is 1.25 bits per heavy atom. The third kappa shape index (κ3) is 3.78. The summed E-state index contributed by atoms with van der Waals surface area (Å²) >= 11 is 25.4. The van der Waals surface area contributed by atoms with E-state index in [1.165, 1.54) is 38.5 Å². The van der Waals surface area contributed by atoms with E-state index in [-0.39, 0.29) is 31.6 Å². The van der Waals surface area contributed by atoms with Gasteiger partial charge in [0, 0.05) is 22.3 Å². The first-order chi connectivity index (χ1) is 13.3. The van der Waals surface area contributed by atoms with Crippen LogP contribution in [0.5, 0.6) is 23.0 Å². The lowest BCUT2D eigenvalue weighted by Crippen LogP contribution is -1.96. The van der Waals surface area contributed by atoms with Gasteiger partial charge < -0.3 is 19.7 Å². The first-order valence-electron chi connectivity index (χ1n) is 7.89. The zero-order valence-electron chi connectivity index (χ0n) is 14.7. The molecule has 28 heavy (non-hydrogen) atoms. The average molecular weight is 460 g/mol. The van der Waals surface area contributed by atoms with Crippen LogP contribution in [0.25, 0.3) is 22.3 Å². The summed E-state index contributed by atoms with van der Waals surface area (Å²) in [7, 11) is 2.99. The molecule has 0 saturated heterocycles. The molecule has 0 aliphatic heterocycles. The Bertz CT molecular complexity index is 942. The Balaban J connectivity index is 2.41. The summed E-state index contributed by atoms with van der Waals surface area (Å²) in [5.41, 5.74) is 1.94. The summed E-state index contributed by atoms with van der Waals surface area (Å²) in [6.07, 6.45) is 0. The molecule has 0 amide bonds. The Hall–Kier alpha value is -1.98. The summed E-state index contributed by atoms with van der Waals surface area (Å²) in [5.74, 6) is 0.743. The van der Waals surface area contributed by atoms with E-state index in [1.54, 1.807) is 12.1 Å². The molecule has 3 rings (SSSR count). The Morgan fingerprint density at radius 2 is 0.964 bits per heavy atom. The third-order valence-electron chi connectivity index (χ3n) is 4.09. The average Bonchev–Trinajstić information content (AvgIpc) is 2.59. The molecular weight excluding hydrogens is 446 g/mol. The second kappa shape index (κ2) is 8.18. The maximum absolute atomic E-state index is 9.74. The van der Waals surface area contributed by atoms with Crippen molar-refractivity contribution in [3.05, 3.63) is 56.5 Å². The van der Waals surface area contributed by atoms with Gasteiger partial charge in [-0.05, 0) is 36.4 Å². The second-order valence-corrected chi connectivity index (χ2v) is 7.45. The molecule has 4 nitrogen and oxygen atoms in total. The van der Waals surface area contributed by atoms with Crippen LogP contribution in [-0.4, -0.2) is 24.4 Å². The largest absolute Gasteiger partial charge is 0.508 e. The van der Waals surface area contributed by atoms with Crippen molar-refractivity contribution < 1.29 is 19.7 Å². The van der Waals surface area contributed by atoms with Crippen LogP contribution < -0.4 is 9.47 Å². The van der Waals surface area contributed by atoms with Crippen LogP contribution in [-0.2, 0) is 0 Å². The Labute approximate surface area is 181 Å². The van der Waals surface area contributed by atoms with Crippen molar-refractivity contribution in [3.8, 4) is 45.3 Å². The number of rotatable bonds is 4. The molecule has 0 unspecified atom stereocenters.